The zero-order valence-corrected chi connectivity index (χ0v) is 7.89. The summed E-state index contributed by atoms with van der Waals surface area (Å²) in [6, 6.07) is -0.0357. The molecule has 0 aromatic rings. The van der Waals surface area contributed by atoms with Gasteiger partial charge in [0.15, 0.2) is 0 Å². The zero-order valence-electron chi connectivity index (χ0n) is 7.89. The smallest absolute Gasteiger partial charge is 0.314 e. The molecule has 0 aromatic heterocycles. The van der Waals surface area contributed by atoms with Gasteiger partial charge in [0.2, 0.25) is 0 Å². The Kier molecular flexibility index (Phi) is 6.47. The molecule has 0 aliphatic rings. The number of nitrogens with two attached hydrogens (primary N) is 1. The topological polar surface area (TPSA) is 67.1 Å². The first-order valence-electron chi connectivity index (χ1n) is 4.42. The second-order valence-electron chi connectivity index (χ2n) is 2.80. The third-order valence-electron chi connectivity index (χ3n) is 1.75. The van der Waals surface area contributed by atoms with E-state index in [0.29, 0.717) is 6.54 Å². The van der Waals surface area contributed by atoms with E-state index in [1.54, 1.807) is 7.05 Å². The van der Waals surface area contributed by atoms with Gasteiger partial charge < -0.3 is 16.4 Å². The maximum atomic E-state index is 10.9. The summed E-state index contributed by atoms with van der Waals surface area (Å²) in [5.74, 6) is 0. The molecule has 2 amide bonds. The van der Waals surface area contributed by atoms with Crippen LogP contribution in [0.4, 0.5) is 4.79 Å². The predicted octanol–water partition coefficient (Wildman–Crippen LogP) is 0.433. The van der Waals surface area contributed by atoms with Crippen molar-refractivity contribution in [2.45, 2.75) is 32.2 Å². The van der Waals surface area contributed by atoms with Crippen LogP contribution in [0.15, 0.2) is 0 Å². The molecule has 0 bridgehead atoms. The highest BCUT2D eigenvalue weighted by atomic mass is 16.2. The summed E-state index contributed by atoms with van der Waals surface area (Å²) in [7, 11) is 1.60. The molecule has 0 aromatic carbocycles. The van der Waals surface area contributed by atoms with Crippen LogP contribution in [0.25, 0.3) is 0 Å². The first kappa shape index (κ1) is 11.2. The van der Waals surface area contributed by atoms with Gasteiger partial charge in [-0.05, 0) is 6.42 Å². The summed E-state index contributed by atoms with van der Waals surface area (Å²) in [6.07, 6.45) is 3.19. The lowest BCUT2D eigenvalue weighted by Gasteiger charge is -2.15. The molecule has 0 rings (SSSR count). The van der Waals surface area contributed by atoms with E-state index in [-0.39, 0.29) is 12.1 Å². The van der Waals surface area contributed by atoms with Crippen LogP contribution >= 0.6 is 0 Å². The fraction of sp³-hybridized carbons (Fsp3) is 0.875. The Bertz CT molecular complexity index is 127. The molecule has 1 atom stereocenters. The highest BCUT2D eigenvalue weighted by Crippen LogP contribution is 1.98. The highest BCUT2D eigenvalue weighted by Gasteiger charge is 2.07. The van der Waals surface area contributed by atoms with Crippen molar-refractivity contribution in [2.75, 3.05) is 13.6 Å². The third kappa shape index (κ3) is 4.96. The van der Waals surface area contributed by atoms with Gasteiger partial charge in [-0.1, -0.05) is 19.8 Å². The van der Waals surface area contributed by atoms with Crippen LogP contribution in [0.1, 0.15) is 26.2 Å². The molecule has 0 saturated heterocycles. The van der Waals surface area contributed by atoms with Gasteiger partial charge >= 0.3 is 6.03 Å². The molecule has 0 saturated carbocycles. The van der Waals surface area contributed by atoms with E-state index in [9.17, 15) is 4.79 Å². The number of unbranched alkanes of at least 4 members (excludes halogenated alkanes) is 1. The number of rotatable bonds is 5. The number of urea groups is 1. The SMILES string of the molecule is CCCCC(CN)NC(=O)NC. The maximum Gasteiger partial charge on any atom is 0.314 e. The van der Waals surface area contributed by atoms with Crippen LogP contribution in [0.3, 0.4) is 0 Å². The Hall–Kier alpha value is -0.770. The minimum Gasteiger partial charge on any atom is -0.341 e. The number of hydrogen-bond acceptors (Lipinski definition) is 2. The Labute approximate surface area is 73.9 Å². The molecule has 4 N–H and O–H groups in total. The molecular weight excluding hydrogens is 154 g/mol. The Morgan fingerprint density at radius 3 is 2.67 bits per heavy atom. The van der Waals surface area contributed by atoms with E-state index in [1.165, 1.54) is 0 Å². The minimum atomic E-state index is -0.151. The van der Waals surface area contributed by atoms with Crippen LogP contribution in [0, 0.1) is 0 Å². The van der Waals surface area contributed by atoms with E-state index in [0.717, 1.165) is 19.3 Å². The molecule has 0 spiro atoms. The number of hydrogen-bond donors (Lipinski definition) is 3. The lowest BCUT2D eigenvalue weighted by Crippen LogP contribution is -2.44. The summed E-state index contributed by atoms with van der Waals surface area (Å²) >= 11 is 0. The third-order valence-corrected chi connectivity index (χ3v) is 1.75. The number of nitrogens with one attached hydrogen (secondary N) is 2. The molecule has 4 heteroatoms. The molecule has 0 fully saturated rings. The van der Waals surface area contributed by atoms with Gasteiger partial charge in [0.1, 0.15) is 0 Å². The Morgan fingerprint density at radius 2 is 2.25 bits per heavy atom. The summed E-state index contributed by atoms with van der Waals surface area (Å²) in [5, 5.41) is 5.28. The van der Waals surface area contributed by atoms with Crippen LogP contribution in [-0.4, -0.2) is 25.7 Å². The van der Waals surface area contributed by atoms with Crippen molar-refractivity contribution in [1.82, 2.24) is 10.6 Å². The van der Waals surface area contributed by atoms with Gasteiger partial charge in [0, 0.05) is 19.6 Å². The molecule has 0 radical (unpaired) electrons. The molecular formula is C8H19N3O. The fourth-order valence-corrected chi connectivity index (χ4v) is 0.957. The van der Waals surface area contributed by atoms with Crippen molar-refractivity contribution in [1.29, 1.82) is 0 Å². The normalized spacial score (nSPS) is 12.2. The van der Waals surface area contributed by atoms with Gasteiger partial charge in [-0.15, -0.1) is 0 Å². The molecule has 0 heterocycles. The van der Waals surface area contributed by atoms with Crippen LogP contribution in [0.5, 0.6) is 0 Å². The average Bonchev–Trinajstić information content (AvgIpc) is 2.11. The number of carbonyl (C=O) groups excluding carboxylic acids is 1. The number of amides is 2. The van der Waals surface area contributed by atoms with Gasteiger partial charge in [0.25, 0.3) is 0 Å². The molecule has 4 nitrogen and oxygen atoms in total. The van der Waals surface area contributed by atoms with Crippen molar-refractivity contribution in [3.8, 4) is 0 Å². The van der Waals surface area contributed by atoms with Crippen LogP contribution in [0.2, 0.25) is 0 Å². The Morgan fingerprint density at radius 1 is 1.58 bits per heavy atom. The molecule has 12 heavy (non-hydrogen) atoms. The van der Waals surface area contributed by atoms with Crippen molar-refractivity contribution in [3.63, 3.8) is 0 Å². The highest BCUT2D eigenvalue weighted by molar-refractivity contribution is 5.73. The van der Waals surface area contributed by atoms with Gasteiger partial charge in [0.05, 0.1) is 0 Å². The first-order valence-corrected chi connectivity index (χ1v) is 4.42. The van der Waals surface area contributed by atoms with Crippen molar-refractivity contribution in [3.05, 3.63) is 0 Å². The van der Waals surface area contributed by atoms with E-state index >= 15 is 0 Å². The summed E-state index contributed by atoms with van der Waals surface area (Å²) < 4.78 is 0. The fourth-order valence-electron chi connectivity index (χ4n) is 0.957. The summed E-state index contributed by atoms with van der Waals surface area (Å²) in [4.78, 5) is 10.9. The maximum absolute atomic E-state index is 10.9. The van der Waals surface area contributed by atoms with E-state index < -0.39 is 0 Å². The summed E-state index contributed by atoms with van der Waals surface area (Å²) in [6.45, 7) is 2.63. The van der Waals surface area contributed by atoms with Gasteiger partial charge in [-0.3, -0.25) is 0 Å². The molecule has 72 valence electrons. The second kappa shape index (κ2) is 6.91. The minimum absolute atomic E-state index is 0.116. The van der Waals surface area contributed by atoms with Crippen molar-refractivity contribution < 1.29 is 4.79 Å². The van der Waals surface area contributed by atoms with E-state index in [4.69, 9.17) is 5.73 Å². The van der Waals surface area contributed by atoms with Crippen molar-refractivity contribution >= 4 is 6.03 Å². The van der Waals surface area contributed by atoms with Gasteiger partial charge in [-0.2, -0.15) is 0 Å². The van der Waals surface area contributed by atoms with Crippen LogP contribution < -0.4 is 16.4 Å². The lowest BCUT2D eigenvalue weighted by molar-refractivity contribution is 0.238. The summed E-state index contributed by atoms with van der Waals surface area (Å²) in [5.41, 5.74) is 5.47. The predicted molar refractivity (Wildman–Crippen MR) is 50.0 cm³/mol. The second-order valence-corrected chi connectivity index (χ2v) is 2.80. The quantitative estimate of drug-likeness (QED) is 0.564. The Balaban J connectivity index is 3.59. The molecule has 1 unspecified atom stereocenters. The first-order chi connectivity index (χ1) is 5.74. The monoisotopic (exact) mass is 173 g/mol. The van der Waals surface area contributed by atoms with Crippen molar-refractivity contribution in [2.24, 2.45) is 5.73 Å². The number of carbonyl (C=O) groups is 1. The average molecular weight is 173 g/mol. The molecule has 0 aliphatic heterocycles. The molecule has 0 aliphatic carbocycles. The largest absolute Gasteiger partial charge is 0.341 e. The van der Waals surface area contributed by atoms with Crippen LogP contribution in [-0.2, 0) is 0 Å². The van der Waals surface area contributed by atoms with Gasteiger partial charge in [-0.25, -0.2) is 4.79 Å². The standard InChI is InChI=1S/C8H19N3O/c1-3-4-5-7(6-9)11-8(12)10-2/h7H,3-6,9H2,1-2H3,(H2,10,11,12). The van der Waals surface area contributed by atoms with E-state index in [1.807, 2.05) is 0 Å². The van der Waals surface area contributed by atoms with E-state index in [2.05, 4.69) is 17.6 Å². The lowest BCUT2D eigenvalue weighted by atomic mass is 10.1. The zero-order chi connectivity index (χ0) is 9.40.